The first-order chi connectivity index (χ1) is 14.1. The van der Waals surface area contributed by atoms with Crippen LogP contribution >= 0.6 is 0 Å². The summed E-state index contributed by atoms with van der Waals surface area (Å²) in [7, 11) is 0. The van der Waals surface area contributed by atoms with E-state index < -0.39 is 0 Å². The number of piperidine rings is 1. The van der Waals surface area contributed by atoms with Gasteiger partial charge in [-0.25, -0.2) is 0 Å². The highest BCUT2D eigenvalue weighted by Gasteiger charge is 2.25. The summed E-state index contributed by atoms with van der Waals surface area (Å²) < 4.78 is 0. The number of hydrogen-bond donors (Lipinski definition) is 1. The topological polar surface area (TPSA) is 52.7 Å². The predicted molar refractivity (Wildman–Crippen MR) is 114 cm³/mol. The molecule has 1 saturated heterocycles. The van der Waals surface area contributed by atoms with Crippen molar-refractivity contribution in [3.05, 3.63) is 65.2 Å². The number of carbonyl (C=O) groups is 2. The lowest BCUT2D eigenvalue weighted by atomic mass is 9.96. The Hall–Kier alpha value is -2.82. The van der Waals surface area contributed by atoms with Gasteiger partial charge in [0.1, 0.15) is 0 Å². The molecule has 2 amide bonds. The second-order valence-corrected chi connectivity index (χ2v) is 8.11. The molecule has 2 aromatic carbocycles. The fraction of sp³-hybridized carbons (Fsp3) is 0.417. The molecule has 2 aromatic rings. The fourth-order valence-electron chi connectivity index (χ4n) is 4.34. The number of amides is 2. The third-order valence-corrected chi connectivity index (χ3v) is 6.16. The molecule has 1 fully saturated rings. The fourth-order valence-corrected chi connectivity index (χ4v) is 4.34. The average molecular weight is 392 g/mol. The minimum atomic E-state index is 0.0140. The smallest absolute Gasteiger partial charge is 0.223 e. The summed E-state index contributed by atoms with van der Waals surface area (Å²) >= 11 is 0. The zero-order valence-electron chi connectivity index (χ0n) is 17.1. The van der Waals surface area contributed by atoms with Crippen molar-refractivity contribution < 1.29 is 9.59 Å². The van der Waals surface area contributed by atoms with Crippen LogP contribution in [0.4, 0.5) is 5.69 Å². The Balaban J connectivity index is 1.26. The second kappa shape index (κ2) is 8.68. The van der Waals surface area contributed by atoms with E-state index in [2.05, 4.69) is 58.7 Å². The highest BCUT2D eigenvalue weighted by molar-refractivity contribution is 5.79. The van der Waals surface area contributed by atoms with Gasteiger partial charge >= 0.3 is 0 Å². The van der Waals surface area contributed by atoms with E-state index in [-0.39, 0.29) is 17.7 Å². The highest BCUT2D eigenvalue weighted by atomic mass is 16.2. The normalized spacial score (nSPS) is 16.6. The van der Waals surface area contributed by atoms with E-state index in [1.54, 1.807) is 6.92 Å². The van der Waals surface area contributed by atoms with Crippen molar-refractivity contribution in [1.29, 1.82) is 0 Å². The van der Waals surface area contributed by atoms with E-state index >= 15 is 0 Å². The van der Waals surface area contributed by atoms with Gasteiger partial charge in [0.2, 0.25) is 11.8 Å². The van der Waals surface area contributed by atoms with Crippen LogP contribution in [0.5, 0.6) is 0 Å². The van der Waals surface area contributed by atoms with Crippen LogP contribution in [-0.2, 0) is 29.1 Å². The lowest BCUT2D eigenvalue weighted by Crippen LogP contribution is -2.42. The van der Waals surface area contributed by atoms with Crippen molar-refractivity contribution >= 4 is 17.5 Å². The third kappa shape index (κ3) is 4.61. The number of hydrogen-bond acceptors (Lipinski definition) is 3. The van der Waals surface area contributed by atoms with Crippen LogP contribution in [0.25, 0.3) is 0 Å². The summed E-state index contributed by atoms with van der Waals surface area (Å²) in [4.78, 5) is 28.1. The SMILES string of the molecule is CC(=O)N1CCC(C(=O)NCc2ccc(CN3CCc4ccccc43)cc2)CC1. The Labute approximate surface area is 172 Å². The number of likely N-dealkylation sites (tertiary alicyclic amines) is 1. The predicted octanol–water partition coefficient (Wildman–Crippen LogP) is 3.12. The number of nitrogens with zero attached hydrogens (tertiary/aromatic N) is 2. The molecule has 0 spiro atoms. The molecular formula is C24H29N3O2. The lowest BCUT2D eigenvalue weighted by molar-refractivity contribution is -0.134. The quantitative estimate of drug-likeness (QED) is 0.852. The first-order valence-corrected chi connectivity index (χ1v) is 10.5. The lowest BCUT2D eigenvalue weighted by Gasteiger charge is -2.30. The van der Waals surface area contributed by atoms with Gasteiger partial charge in [-0.3, -0.25) is 9.59 Å². The summed E-state index contributed by atoms with van der Waals surface area (Å²) in [5, 5.41) is 3.07. The van der Waals surface area contributed by atoms with Crippen molar-refractivity contribution in [2.45, 2.75) is 39.3 Å². The molecule has 29 heavy (non-hydrogen) atoms. The number of fused-ring (bicyclic) bond motifs is 1. The first kappa shape index (κ1) is 19.5. The standard InChI is InChI=1S/C24H29N3O2/c1-18(28)26-13-11-22(12-14-26)24(29)25-16-19-6-8-20(9-7-19)17-27-15-10-21-4-2-3-5-23(21)27/h2-9,22H,10-17H2,1H3,(H,25,29). The van der Waals surface area contributed by atoms with Gasteiger partial charge in [-0.05, 0) is 42.0 Å². The van der Waals surface area contributed by atoms with Crippen LogP contribution < -0.4 is 10.2 Å². The average Bonchev–Trinajstić information content (AvgIpc) is 3.16. The summed E-state index contributed by atoms with van der Waals surface area (Å²) in [6.45, 7) is 5.49. The van der Waals surface area contributed by atoms with Crippen molar-refractivity contribution in [3.63, 3.8) is 0 Å². The maximum Gasteiger partial charge on any atom is 0.223 e. The Morgan fingerprint density at radius 2 is 1.66 bits per heavy atom. The van der Waals surface area contributed by atoms with E-state index in [0.717, 1.165) is 37.9 Å². The van der Waals surface area contributed by atoms with Gasteiger partial charge in [0.25, 0.3) is 0 Å². The van der Waals surface area contributed by atoms with Crippen molar-refractivity contribution in [3.8, 4) is 0 Å². The number of carbonyl (C=O) groups excluding carboxylic acids is 2. The van der Waals surface area contributed by atoms with Gasteiger partial charge in [0.05, 0.1) is 0 Å². The minimum Gasteiger partial charge on any atom is -0.367 e. The summed E-state index contributed by atoms with van der Waals surface area (Å²) in [5.41, 5.74) is 5.18. The monoisotopic (exact) mass is 391 g/mol. The maximum absolute atomic E-state index is 12.4. The number of para-hydroxylation sites is 1. The van der Waals surface area contributed by atoms with Crippen LogP contribution in [0.15, 0.2) is 48.5 Å². The van der Waals surface area contributed by atoms with Crippen molar-refractivity contribution in [2.24, 2.45) is 5.92 Å². The molecule has 2 aliphatic heterocycles. The molecule has 152 valence electrons. The molecular weight excluding hydrogens is 362 g/mol. The largest absolute Gasteiger partial charge is 0.367 e. The maximum atomic E-state index is 12.4. The number of benzene rings is 2. The molecule has 0 unspecified atom stereocenters. The Bertz CT molecular complexity index is 870. The van der Waals surface area contributed by atoms with Crippen molar-refractivity contribution in [2.75, 3.05) is 24.5 Å². The zero-order chi connectivity index (χ0) is 20.2. The van der Waals surface area contributed by atoms with E-state index in [1.165, 1.54) is 16.8 Å². The molecule has 1 N–H and O–H groups in total. The van der Waals surface area contributed by atoms with Gasteiger partial charge in [0, 0.05) is 51.3 Å². The van der Waals surface area contributed by atoms with Crippen LogP contribution in [0, 0.1) is 5.92 Å². The second-order valence-electron chi connectivity index (χ2n) is 8.11. The van der Waals surface area contributed by atoms with Gasteiger partial charge in [-0.2, -0.15) is 0 Å². The van der Waals surface area contributed by atoms with E-state index in [9.17, 15) is 9.59 Å². The van der Waals surface area contributed by atoms with E-state index in [1.807, 2.05) is 4.90 Å². The number of rotatable bonds is 5. The molecule has 0 aromatic heterocycles. The van der Waals surface area contributed by atoms with Crippen molar-refractivity contribution in [1.82, 2.24) is 10.2 Å². The van der Waals surface area contributed by atoms with E-state index in [4.69, 9.17) is 0 Å². The van der Waals surface area contributed by atoms with Gasteiger partial charge in [0.15, 0.2) is 0 Å². The Morgan fingerprint density at radius 1 is 0.966 bits per heavy atom. The van der Waals surface area contributed by atoms with Crippen LogP contribution in [0.2, 0.25) is 0 Å². The van der Waals surface area contributed by atoms with Crippen LogP contribution in [-0.4, -0.2) is 36.3 Å². The molecule has 4 rings (SSSR count). The first-order valence-electron chi connectivity index (χ1n) is 10.5. The van der Waals surface area contributed by atoms with E-state index in [0.29, 0.717) is 19.6 Å². The van der Waals surface area contributed by atoms with Gasteiger partial charge in [-0.1, -0.05) is 42.5 Å². The molecule has 2 heterocycles. The molecule has 5 heteroatoms. The van der Waals surface area contributed by atoms with Crippen LogP contribution in [0.1, 0.15) is 36.5 Å². The molecule has 0 atom stereocenters. The van der Waals surface area contributed by atoms with Crippen LogP contribution in [0.3, 0.4) is 0 Å². The summed E-state index contributed by atoms with van der Waals surface area (Å²) in [6, 6.07) is 17.2. The van der Waals surface area contributed by atoms with Gasteiger partial charge in [-0.15, -0.1) is 0 Å². The summed E-state index contributed by atoms with van der Waals surface area (Å²) in [6.07, 6.45) is 2.62. The summed E-state index contributed by atoms with van der Waals surface area (Å²) in [5.74, 6) is 0.215. The molecule has 2 aliphatic rings. The molecule has 0 aliphatic carbocycles. The van der Waals surface area contributed by atoms with Gasteiger partial charge < -0.3 is 15.1 Å². The highest BCUT2D eigenvalue weighted by Crippen LogP contribution is 2.28. The molecule has 5 nitrogen and oxygen atoms in total. The third-order valence-electron chi connectivity index (χ3n) is 6.16. The Morgan fingerprint density at radius 3 is 2.38 bits per heavy atom. The molecule has 0 saturated carbocycles. The number of anilines is 1. The zero-order valence-corrected chi connectivity index (χ0v) is 17.1. The molecule has 0 radical (unpaired) electrons. The minimum absolute atomic E-state index is 0.0140. The Kier molecular flexibility index (Phi) is 5.84. The number of nitrogens with one attached hydrogen (secondary N) is 1. The molecule has 0 bridgehead atoms.